The fourth-order valence-electron chi connectivity index (χ4n) is 3.36. The number of β-amino-alcohol motifs (C(OH)–C–C–N with tert-alkyl or cyclic N) is 1. The average Bonchev–Trinajstić information content (AvgIpc) is 3.13. The molecule has 1 N–H and O–H groups in total. The number of aliphatic hydroxyl groups is 1. The summed E-state index contributed by atoms with van der Waals surface area (Å²) in [5.74, 6) is -0.125. The van der Waals surface area contributed by atoms with Crippen LogP contribution in [0.4, 0.5) is 4.39 Å². The smallest absolute Gasteiger partial charge is 0.274 e. The van der Waals surface area contributed by atoms with Crippen molar-refractivity contribution >= 4 is 23.2 Å². The number of methoxy groups -OCH3 is 1. The third-order valence-corrected chi connectivity index (χ3v) is 5.07. The normalized spacial score (nSPS) is 19.4. The number of carbonyl (C=O) groups is 1. The van der Waals surface area contributed by atoms with Gasteiger partial charge < -0.3 is 23.9 Å². The number of benzene rings is 1. The number of hydrogen-bond acceptors (Lipinski definition) is 5. The molecule has 9 heteroatoms. The highest BCUT2D eigenvalue weighted by Crippen LogP contribution is 2.30. The second-order valence-electron chi connectivity index (χ2n) is 6.80. The van der Waals surface area contributed by atoms with E-state index in [1.165, 1.54) is 30.2 Å². The van der Waals surface area contributed by atoms with Crippen molar-refractivity contribution in [2.75, 3.05) is 20.2 Å². The first-order chi connectivity index (χ1) is 13.9. The van der Waals surface area contributed by atoms with Gasteiger partial charge in [-0.1, -0.05) is 11.6 Å². The molecule has 3 aromatic rings. The molecule has 0 unspecified atom stereocenters. The van der Waals surface area contributed by atoms with E-state index in [1.807, 2.05) is 0 Å². The second-order valence-corrected chi connectivity index (χ2v) is 7.23. The fourth-order valence-corrected chi connectivity index (χ4v) is 3.53. The summed E-state index contributed by atoms with van der Waals surface area (Å²) in [5, 5.41) is 11.1. The van der Waals surface area contributed by atoms with Gasteiger partial charge in [0, 0.05) is 31.4 Å². The predicted octanol–water partition coefficient (Wildman–Crippen LogP) is 2.79. The third-order valence-electron chi connectivity index (χ3n) is 4.85. The van der Waals surface area contributed by atoms with E-state index >= 15 is 0 Å². The van der Waals surface area contributed by atoms with Crippen LogP contribution in [0.3, 0.4) is 0 Å². The Bertz CT molecular complexity index is 1060. The van der Waals surface area contributed by atoms with Gasteiger partial charge in [0.05, 0.1) is 18.7 Å². The number of ether oxygens (including phenoxy) is 2. The molecule has 0 aliphatic carbocycles. The molecular formula is C20H19ClFN3O4. The summed E-state index contributed by atoms with van der Waals surface area (Å²) >= 11 is 5.97. The maximum absolute atomic E-state index is 13.3. The first kappa shape index (κ1) is 19.5. The Morgan fingerprint density at radius 2 is 2.10 bits per heavy atom. The molecule has 1 aromatic carbocycles. The minimum absolute atomic E-state index is 0.0988. The van der Waals surface area contributed by atoms with E-state index in [-0.39, 0.29) is 23.9 Å². The van der Waals surface area contributed by atoms with Crippen molar-refractivity contribution in [3.05, 3.63) is 59.3 Å². The van der Waals surface area contributed by atoms with Crippen LogP contribution in [-0.2, 0) is 0 Å². The van der Waals surface area contributed by atoms with Gasteiger partial charge >= 0.3 is 0 Å². The zero-order chi connectivity index (χ0) is 20.5. The molecule has 4 rings (SSSR count). The summed E-state index contributed by atoms with van der Waals surface area (Å²) in [7, 11) is 1.42. The minimum Gasteiger partial charge on any atom is -0.493 e. The molecule has 0 bridgehead atoms. The molecule has 1 aliphatic heterocycles. The molecule has 152 valence electrons. The van der Waals surface area contributed by atoms with E-state index in [9.17, 15) is 14.3 Å². The van der Waals surface area contributed by atoms with Crippen molar-refractivity contribution in [1.29, 1.82) is 0 Å². The lowest BCUT2D eigenvalue weighted by Crippen LogP contribution is -2.51. The summed E-state index contributed by atoms with van der Waals surface area (Å²) < 4.78 is 26.0. The molecule has 1 fully saturated rings. The molecule has 29 heavy (non-hydrogen) atoms. The molecule has 0 radical (unpaired) electrons. The first-order valence-corrected chi connectivity index (χ1v) is 9.44. The minimum atomic E-state index is -0.908. The third kappa shape index (κ3) is 3.99. The quantitative estimate of drug-likeness (QED) is 0.703. The molecule has 2 atom stereocenters. The van der Waals surface area contributed by atoms with E-state index in [0.29, 0.717) is 29.4 Å². The van der Waals surface area contributed by atoms with Crippen LogP contribution in [0.25, 0.3) is 5.65 Å². The van der Waals surface area contributed by atoms with Crippen LogP contribution in [0.15, 0.2) is 42.7 Å². The number of hydrogen-bond donors (Lipinski definition) is 1. The van der Waals surface area contributed by atoms with Crippen LogP contribution in [-0.4, -0.2) is 57.7 Å². The number of halogens is 2. The number of nitrogens with zero attached hydrogens (tertiary/aromatic N) is 3. The van der Waals surface area contributed by atoms with Gasteiger partial charge in [-0.2, -0.15) is 0 Å². The number of amides is 1. The summed E-state index contributed by atoms with van der Waals surface area (Å²) in [6, 6.07) is 7.37. The molecule has 0 spiro atoms. The molecular weight excluding hydrogens is 401 g/mol. The summed E-state index contributed by atoms with van der Waals surface area (Å²) in [6.45, 7) is 0.486. The van der Waals surface area contributed by atoms with Gasteiger partial charge in [-0.05, 0) is 24.3 Å². The maximum atomic E-state index is 13.3. The SMILES string of the molecule is COc1cc(F)ccc1O[C@@H]1CCN(C(=O)c2cn3cc(Cl)ccc3n2)C[C@H]1O. The molecule has 2 aromatic heterocycles. The number of aliphatic hydroxyl groups excluding tert-OH is 1. The fraction of sp³-hybridized carbons (Fsp3) is 0.300. The average molecular weight is 420 g/mol. The van der Waals surface area contributed by atoms with E-state index in [4.69, 9.17) is 21.1 Å². The van der Waals surface area contributed by atoms with Crippen molar-refractivity contribution in [3.63, 3.8) is 0 Å². The zero-order valence-electron chi connectivity index (χ0n) is 15.6. The van der Waals surface area contributed by atoms with Crippen LogP contribution in [0.2, 0.25) is 5.02 Å². The van der Waals surface area contributed by atoms with Crippen LogP contribution >= 0.6 is 11.6 Å². The number of rotatable bonds is 4. The van der Waals surface area contributed by atoms with E-state index in [2.05, 4.69) is 4.98 Å². The van der Waals surface area contributed by atoms with Gasteiger partial charge in [0.15, 0.2) is 11.5 Å². The van der Waals surface area contributed by atoms with Gasteiger partial charge in [0.2, 0.25) is 0 Å². The van der Waals surface area contributed by atoms with Crippen molar-refractivity contribution in [2.24, 2.45) is 0 Å². The summed E-state index contributed by atoms with van der Waals surface area (Å²) in [4.78, 5) is 18.7. The highest BCUT2D eigenvalue weighted by atomic mass is 35.5. The van der Waals surface area contributed by atoms with Gasteiger partial charge in [-0.3, -0.25) is 4.79 Å². The lowest BCUT2D eigenvalue weighted by atomic mass is 10.0. The van der Waals surface area contributed by atoms with E-state index in [0.717, 1.165) is 0 Å². The molecule has 1 amide bonds. The molecule has 1 saturated heterocycles. The van der Waals surface area contributed by atoms with Crippen LogP contribution in [0.1, 0.15) is 16.9 Å². The Balaban J connectivity index is 1.45. The summed E-state index contributed by atoms with van der Waals surface area (Å²) in [6.07, 6.45) is 2.24. The van der Waals surface area contributed by atoms with Gasteiger partial charge in [-0.15, -0.1) is 0 Å². The number of imidazole rings is 1. The van der Waals surface area contributed by atoms with Crippen molar-refractivity contribution in [1.82, 2.24) is 14.3 Å². The highest BCUT2D eigenvalue weighted by Gasteiger charge is 2.33. The van der Waals surface area contributed by atoms with Gasteiger partial charge in [-0.25, -0.2) is 9.37 Å². The Morgan fingerprint density at radius 1 is 1.28 bits per heavy atom. The number of piperidine rings is 1. The van der Waals surface area contributed by atoms with Crippen LogP contribution in [0.5, 0.6) is 11.5 Å². The summed E-state index contributed by atoms with van der Waals surface area (Å²) in [5.41, 5.74) is 0.888. The molecule has 7 nitrogen and oxygen atoms in total. The molecule has 1 aliphatic rings. The number of fused-ring (bicyclic) bond motifs is 1. The largest absolute Gasteiger partial charge is 0.493 e. The van der Waals surface area contributed by atoms with Gasteiger partial charge in [0.25, 0.3) is 5.91 Å². The van der Waals surface area contributed by atoms with Crippen molar-refractivity contribution in [2.45, 2.75) is 18.6 Å². The predicted molar refractivity (Wildman–Crippen MR) is 104 cm³/mol. The number of likely N-dealkylation sites (tertiary alicyclic amines) is 1. The second kappa shape index (κ2) is 7.88. The highest BCUT2D eigenvalue weighted by molar-refractivity contribution is 6.30. The molecule has 3 heterocycles. The lowest BCUT2D eigenvalue weighted by Gasteiger charge is -2.35. The Hall–Kier alpha value is -2.84. The standard InChI is InChI=1S/C20H19ClFN3O4/c1-28-18-8-13(22)3-4-17(18)29-16-6-7-24(11-15(16)26)20(27)14-10-25-9-12(21)2-5-19(25)23-14/h2-5,8-10,15-16,26H,6-7,11H2,1H3/t15-,16-/m1/s1. The number of carbonyl (C=O) groups excluding carboxylic acids is 1. The van der Waals surface area contributed by atoms with Crippen LogP contribution in [0, 0.1) is 5.82 Å². The Morgan fingerprint density at radius 3 is 2.86 bits per heavy atom. The molecule has 0 saturated carbocycles. The monoisotopic (exact) mass is 419 g/mol. The lowest BCUT2D eigenvalue weighted by molar-refractivity contribution is -0.0208. The van der Waals surface area contributed by atoms with Crippen molar-refractivity contribution in [3.8, 4) is 11.5 Å². The van der Waals surface area contributed by atoms with Crippen molar-refractivity contribution < 1.29 is 23.8 Å². The number of pyridine rings is 1. The Labute approximate surface area is 171 Å². The van der Waals surface area contributed by atoms with Gasteiger partial charge in [0.1, 0.15) is 29.4 Å². The van der Waals surface area contributed by atoms with E-state index in [1.54, 1.807) is 28.9 Å². The Kier molecular flexibility index (Phi) is 5.29. The van der Waals surface area contributed by atoms with E-state index < -0.39 is 18.0 Å². The first-order valence-electron chi connectivity index (χ1n) is 9.06. The van der Waals surface area contributed by atoms with Crippen LogP contribution < -0.4 is 9.47 Å². The maximum Gasteiger partial charge on any atom is 0.274 e. The number of aromatic nitrogens is 2. The zero-order valence-corrected chi connectivity index (χ0v) is 16.3. The topological polar surface area (TPSA) is 76.3 Å².